The molecule has 0 bridgehead atoms. The average Bonchev–Trinajstić information content (AvgIpc) is 2.74. The van der Waals surface area contributed by atoms with Crippen molar-refractivity contribution in [2.45, 2.75) is 97.0 Å². The maximum atomic E-state index is 11.8. The van der Waals surface area contributed by atoms with Crippen molar-refractivity contribution in [3.05, 3.63) is 0 Å². The first-order valence-electron chi connectivity index (χ1n) is 11.5. The third-order valence-corrected chi connectivity index (χ3v) is 5.52. The zero-order chi connectivity index (χ0) is 23.4. The first-order valence-corrected chi connectivity index (χ1v) is 13.0. The summed E-state index contributed by atoms with van der Waals surface area (Å²) >= 11 is 0. The van der Waals surface area contributed by atoms with Crippen molar-refractivity contribution in [2.75, 3.05) is 26.4 Å². The molecule has 0 aromatic heterocycles. The van der Waals surface area contributed by atoms with E-state index in [9.17, 15) is 24.2 Å². The van der Waals surface area contributed by atoms with E-state index in [2.05, 4.69) is 19.2 Å². The first-order chi connectivity index (χ1) is 14.8. The van der Waals surface area contributed by atoms with Crippen molar-refractivity contribution in [1.82, 2.24) is 5.32 Å². The summed E-state index contributed by atoms with van der Waals surface area (Å²) < 4.78 is 26.2. The summed E-state index contributed by atoms with van der Waals surface area (Å²) in [5, 5.41) is 12.4. The van der Waals surface area contributed by atoms with Crippen LogP contribution in [0, 0.1) is 0 Å². The molecule has 0 saturated heterocycles. The van der Waals surface area contributed by atoms with Crippen LogP contribution >= 0.6 is 7.82 Å². The fourth-order valence-corrected chi connectivity index (χ4v) is 3.49. The van der Waals surface area contributed by atoms with Crippen LogP contribution < -0.4 is 5.32 Å². The van der Waals surface area contributed by atoms with Gasteiger partial charge in [-0.1, -0.05) is 65.2 Å². The Morgan fingerprint density at radius 3 is 2.13 bits per heavy atom. The minimum Gasteiger partial charge on any atom is -0.463 e. The molecule has 0 aliphatic heterocycles. The molecule has 0 aliphatic rings. The number of carbonyl (C=O) groups is 2. The Hall–Kier alpha value is -0.990. The number of aliphatic hydroxyl groups excluding tert-OH is 1. The predicted molar refractivity (Wildman–Crippen MR) is 118 cm³/mol. The molecule has 9 nitrogen and oxygen atoms in total. The van der Waals surface area contributed by atoms with Gasteiger partial charge in [-0.2, -0.15) is 0 Å². The van der Waals surface area contributed by atoms with E-state index in [1.165, 1.54) is 12.8 Å². The van der Waals surface area contributed by atoms with Gasteiger partial charge in [0.05, 0.1) is 13.2 Å². The van der Waals surface area contributed by atoms with Crippen molar-refractivity contribution in [2.24, 2.45) is 0 Å². The molecule has 0 rings (SSSR count). The summed E-state index contributed by atoms with van der Waals surface area (Å²) in [4.78, 5) is 32.8. The van der Waals surface area contributed by atoms with E-state index in [4.69, 9.17) is 13.8 Å². The average molecular weight is 468 g/mol. The molecule has 0 spiro atoms. The van der Waals surface area contributed by atoms with E-state index in [0.717, 1.165) is 51.4 Å². The number of unbranched alkanes of at least 4 members (excludes halogenated alkanes) is 8. The van der Waals surface area contributed by atoms with Crippen LogP contribution in [0.15, 0.2) is 0 Å². The summed E-state index contributed by atoms with van der Waals surface area (Å²) in [7, 11) is -4.37. The third kappa shape index (κ3) is 20.7. The molecule has 3 N–H and O–H groups in total. The van der Waals surface area contributed by atoms with E-state index in [0.29, 0.717) is 6.42 Å². The monoisotopic (exact) mass is 467 g/mol. The number of esters is 1. The molecule has 0 heterocycles. The van der Waals surface area contributed by atoms with Crippen molar-refractivity contribution in [3.8, 4) is 0 Å². The first kappa shape index (κ1) is 30.0. The number of nitrogens with one attached hydrogen (secondary N) is 1. The highest BCUT2D eigenvalue weighted by Gasteiger charge is 2.23. The lowest BCUT2D eigenvalue weighted by molar-refractivity contribution is -0.147. The maximum Gasteiger partial charge on any atom is 0.472 e. The molecule has 0 aliphatic carbocycles. The number of amides is 1. The zero-order valence-corrected chi connectivity index (χ0v) is 20.1. The van der Waals surface area contributed by atoms with Gasteiger partial charge in [0.2, 0.25) is 5.91 Å². The van der Waals surface area contributed by atoms with Gasteiger partial charge in [-0.3, -0.25) is 18.6 Å². The lowest BCUT2D eigenvalue weighted by atomic mass is 10.1. The number of carbonyl (C=O) groups excluding carboxylic acids is 2. The number of phosphoric acid groups is 1. The van der Waals surface area contributed by atoms with Crippen LogP contribution in [0.5, 0.6) is 0 Å². The minimum absolute atomic E-state index is 0.0825. The number of phosphoric ester groups is 1. The maximum absolute atomic E-state index is 11.8. The second kappa shape index (κ2) is 19.7. The molecule has 1 amide bonds. The smallest absolute Gasteiger partial charge is 0.463 e. The molecule has 0 aromatic rings. The zero-order valence-electron chi connectivity index (χ0n) is 19.2. The Balaban J connectivity index is 3.76. The van der Waals surface area contributed by atoms with Gasteiger partial charge in [-0.05, 0) is 12.8 Å². The van der Waals surface area contributed by atoms with Gasteiger partial charge in [0.1, 0.15) is 12.7 Å². The number of hydrogen-bond donors (Lipinski definition) is 3. The summed E-state index contributed by atoms with van der Waals surface area (Å²) in [5.74, 6) is -0.546. The van der Waals surface area contributed by atoms with Crippen LogP contribution in [0.1, 0.15) is 90.9 Å². The quantitative estimate of drug-likeness (QED) is 0.132. The summed E-state index contributed by atoms with van der Waals surface area (Å²) in [5.41, 5.74) is 0. The molecule has 0 saturated carbocycles. The van der Waals surface area contributed by atoms with E-state index >= 15 is 0 Å². The minimum atomic E-state index is -4.37. The lowest BCUT2D eigenvalue weighted by Gasteiger charge is -2.15. The lowest BCUT2D eigenvalue weighted by Crippen LogP contribution is -2.27. The van der Waals surface area contributed by atoms with Gasteiger partial charge >= 0.3 is 13.8 Å². The van der Waals surface area contributed by atoms with Gasteiger partial charge in [0.15, 0.2) is 0 Å². The van der Waals surface area contributed by atoms with Crippen LogP contribution in [0.25, 0.3) is 0 Å². The Kier molecular flexibility index (Phi) is 19.0. The Bertz CT molecular complexity index is 518. The van der Waals surface area contributed by atoms with Crippen molar-refractivity contribution in [1.29, 1.82) is 0 Å². The van der Waals surface area contributed by atoms with Crippen molar-refractivity contribution in [3.63, 3.8) is 0 Å². The molecule has 184 valence electrons. The number of aliphatic hydroxyl groups is 1. The van der Waals surface area contributed by atoms with Crippen LogP contribution in [-0.2, 0) is 27.9 Å². The van der Waals surface area contributed by atoms with Gasteiger partial charge in [0.25, 0.3) is 0 Å². The second-order valence-electron chi connectivity index (χ2n) is 7.61. The van der Waals surface area contributed by atoms with Crippen LogP contribution in [0.3, 0.4) is 0 Å². The number of rotatable bonds is 21. The molecular weight excluding hydrogens is 425 g/mol. The van der Waals surface area contributed by atoms with E-state index in [1.54, 1.807) is 0 Å². The molecule has 10 heteroatoms. The molecule has 2 unspecified atom stereocenters. The Morgan fingerprint density at radius 2 is 1.45 bits per heavy atom. The van der Waals surface area contributed by atoms with Gasteiger partial charge in [0, 0.05) is 19.4 Å². The summed E-state index contributed by atoms with van der Waals surface area (Å²) in [6.45, 7) is 3.29. The van der Waals surface area contributed by atoms with Crippen LogP contribution in [0.4, 0.5) is 0 Å². The normalized spacial score (nSPS) is 14.1. The van der Waals surface area contributed by atoms with Crippen LogP contribution in [-0.4, -0.2) is 54.3 Å². The van der Waals surface area contributed by atoms with Gasteiger partial charge in [-0.15, -0.1) is 0 Å². The number of ether oxygens (including phenoxy) is 1. The topological polar surface area (TPSA) is 131 Å². The second-order valence-corrected chi connectivity index (χ2v) is 9.07. The molecular formula is C21H42NO8P. The third-order valence-electron chi connectivity index (χ3n) is 4.54. The summed E-state index contributed by atoms with van der Waals surface area (Å²) in [6.07, 6.45) is 9.77. The molecule has 2 atom stereocenters. The highest BCUT2D eigenvalue weighted by molar-refractivity contribution is 7.47. The molecule has 0 radical (unpaired) electrons. The summed E-state index contributed by atoms with van der Waals surface area (Å²) in [6, 6.07) is 0. The number of hydrogen-bond acceptors (Lipinski definition) is 7. The van der Waals surface area contributed by atoms with Gasteiger partial charge in [-0.25, -0.2) is 4.57 Å². The van der Waals surface area contributed by atoms with E-state index < -0.39 is 26.5 Å². The van der Waals surface area contributed by atoms with Crippen molar-refractivity contribution >= 4 is 19.7 Å². The largest absolute Gasteiger partial charge is 0.472 e. The Labute approximate surface area is 186 Å². The fraction of sp³-hybridized carbons (Fsp3) is 0.905. The van der Waals surface area contributed by atoms with E-state index in [1.807, 2.05) is 0 Å². The van der Waals surface area contributed by atoms with Crippen molar-refractivity contribution < 1.29 is 37.9 Å². The fourth-order valence-electron chi connectivity index (χ4n) is 2.73. The predicted octanol–water partition coefficient (Wildman–Crippen LogP) is 3.86. The SMILES string of the molecule is CCCCCCCCC(=O)OCC(O)COP(=O)(O)OCCNC(=O)CCCCCC. The highest BCUT2D eigenvalue weighted by atomic mass is 31.2. The molecule has 0 fully saturated rings. The standard InChI is InChI=1S/C21H42NO8P/c1-3-5-7-9-10-12-14-21(25)28-17-19(23)18-30-31(26,27)29-16-15-22-20(24)13-11-8-6-4-2/h19,23H,3-18H2,1-2H3,(H,22,24)(H,26,27). The van der Waals surface area contributed by atoms with Gasteiger partial charge < -0.3 is 20.1 Å². The highest BCUT2D eigenvalue weighted by Crippen LogP contribution is 2.42. The molecule has 0 aromatic carbocycles. The van der Waals surface area contributed by atoms with Crippen LogP contribution in [0.2, 0.25) is 0 Å². The molecule has 31 heavy (non-hydrogen) atoms. The Morgan fingerprint density at radius 1 is 0.871 bits per heavy atom. The van der Waals surface area contributed by atoms with E-state index in [-0.39, 0.29) is 32.1 Å².